The lowest BCUT2D eigenvalue weighted by Gasteiger charge is -2.13. The van der Waals surface area contributed by atoms with Crippen molar-refractivity contribution in [1.82, 2.24) is 9.13 Å². The Hall–Kier alpha value is -6.64. The fraction of sp³-hybridized carbons (Fsp3) is 0. The Kier molecular flexibility index (Phi) is 3.95. The molecule has 50 heavy (non-hydrogen) atoms. The van der Waals surface area contributed by atoms with Gasteiger partial charge >= 0.3 is 0 Å². The first-order valence-corrected chi connectivity index (χ1v) is 16.0. The van der Waals surface area contributed by atoms with Crippen LogP contribution in [0.1, 0.15) is 20.6 Å². The molecule has 10 rings (SSSR count). The van der Waals surface area contributed by atoms with Crippen LogP contribution in [0.15, 0.2) is 194 Å². The fourth-order valence-corrected chi connectivity index (χ4v) is 6.71. The highest BCUT2D eigenvalue weighted by Crippen LogP contribution is 2.38. The normalized spacial score (nSPS) is 15.8. The second-order valence-corrected chi connectivity index (χ2v) is 11.9. The first-order chi connectivity index (χ1) is 31.0. The van der Waals surface area contributed by atoms with E-state index in [1.807, 2.05) is 72.8 Å². The molecular formula is C48H32N2. The molecule has 0 saturated carbocycles. The van der Waals surface area contributed by atoms with Gasteiger partial charge in [-0.25, -0.2) is 0 Å². The van der Waals surface area contributed by atoms with Crippen LogP contribution in [0.4, 0.5) is 0 Å². The maximum Gasteiger partial charge on any atom is 0.0652 e. The van der Waals surface area contributed by atoms with E-state index in [0.29, 0.717) is 5.69 Å². The van der Waals surface area contributed by atoms with E-state index in [0.717, 1.165) is 37.9 Å². The molecule has 0 fully saturated rings. The molecule has 10 aromatic rings. The Balaban J connectivity index is 1.28. The molecule has 0 aliphatic heterocycles. The van der Waals surface area contributed by atoms with Crippen LogP contribution in [0.25, 0.3) is 88.4 Å². The van der Waals surface area contributed by atoms with Gasteiger partial charge < -0.3 is 9.13 Å². The summed E-state index contributed by atoms with van der Waals surface area (Å²) in [6.07, 6.45) is 0. The molecule has 234 valence electrons. The molecule has 0 amide bonds. The van der Waals surface area contributed by atoms with Gasteiger partial charge in [-0.15, -0.1) is 0 Å². The average molecular weight is 652 g/mol. The van der Waals surface area contributed by atoms with Gasteiger partial charge in [0.05, 0.1) is 42.6 Å². The predicted octanol–water partition coefficient (Wildman–Crippen LogP) is 12.9. The summed E-state index contributed by atoms with van der Waals surface area (Å²) in [6.45, 7) is 0. The molecule has 0 saturated heterocycles. The number of fused-ring (bicyclic) bond motifs is 6. The Morgan fingerprint density at radius 1 is 0.320 bits per heavy atom. The van der Waals surface area contributed by atoms with Crippen LogP contribution in [0, 0.1) is 0 Å². The summed E-state index contributed by atoms with van der Waals surface area (Å²) >= 11 is 0. The van der Waals surface area contributed by atoms with Crippen molar-refractivity contribution in [2.24, 2.45) is 0 Å². The summed E-state index contributed by atoms with van der Waals surface area (Å²) in [5.41, 5.74) is 4.66. The maximum absolute atomic E-state index is 9.85. The van der Waals surface area contributed by atoms with Gasteiger partial charge in [0.2, 0.25) is 0 Å². The molecule has 0 N–H and O–H groups in total. The van der Waals surface area contributed by atoms with Crippen LogP contribution in [0.3, 0.4) is 0 Å². The van der Waals surface area contributed by atoms with Gasteiger partial charge in [-0.1, -0.05) is 127 Å². The third kappa shape index (κ3) is 4.57. The first kappa shape index (κ1) is 17.1. The van der Waals surface area contributed by atoms with E-state index in [2.05, 4.69) is 18.2 Å². The summed E-state index contributed by atoms with van der Waals surface area (Å²) in [5.74, 6) is 0. The summed E-state index contributed by atoms with van der Waals surface area (Å²) < 4.78 is 137. The molecule has 2 nitrogen and oxygen atoms in total. The van der Waals surface area contributed by atoms with Gasteiger partial charge in [-0.2, -0.15) is 0 Å². The van der Waals surface area contributed by atoms with E-state index in [1.165, 1.54) is 4.57 Å². The molecule has 2 aromatic heterocycles. The Morgan fingerprint density at radius 3 is 1.22 bits per heavy atom. The molecular weight excluding hydrogens is 605 g/mol. The number of hydrogen-bond donors (Lipinski definition) is 0. The highest BCUT2D eigenvalue weighted by molar-refractivity contribution is 6.12. The number of aromatic nitrogens is 2. The van der Waals surface area contributed by atoms with Crippen LogP contribution in [-0.2, 0) is 0 Å². The number of nitrogens with zero attached hydrogens (tertiary/aromatic N) is 2. The molecule has 2 heteroatoms. The van der Waals surface area contributed by atoms with Gasteiger partial charge in [-0.05, 0) is 100.0 Å². The lowest BCUT2D eigenvalue weighted by Crippen LogP contribution is -1.96. The van der Waals surface area contributed by atoms with Gasteiger partial charge in [-0.3, -0.25) is 0 Å². The minimum atomic E-state index is -0.704. The van der Waals surface area contributed by atoms with Crippen LogP contribution in [0.2, 0.25) is 0 Å². The van der Waals surface area contributed by atoms with Crippen molar-refractivity contribution in [3.63, 3.8) is 0 Å². The van der Waals surface area contributed by atoms with Crippen molar-refractivity contribution in [3.05, 3.63) is 194 Å². The van der Waals surface area contributed by atoms with E-state index in [1.54, 1.807) is 12.1 Å². The highest BCUT2D eigenvalue weighted by atomic mass is 15.0. The van der Waals surface area contributed by atoms with Crippen molar-refractivity contribution in [2.75, 3.05) is 0 Å². The average Bonchev–Trinajstić information content (AvgIpc) is 3.88. The van der Waals surface area contributed by atoms with Crippen LogP contribution in [-0.4, -0.2) is 9.13 Å². The number of rotatable bonds is 5. The first-order valence-electron chi connectivity index (χ1n) is 23.5. The largest absolute Gasteiger partial charge is 0.309 e. The van der Waals surface area contributed by atoms with Crippen LogP contribution in [0.5, 0.6) is 0 Å². The standard InChI is InChI=1S/C48H32N2/c1-3-13-33(14-4-1)36-29-37(34-15-5-2-6-16-34)31-38(30-36)35-23-25-39(26-24-35)49-47-22-12-9-19-43(47)44-32-40(27-28-48(44)49)50-45-20-10-7-17-41(45)42-18-8-11-21-46(42)50/h1-32H/i7D,8D,9D,10D,11D,12D,17D,18D,19D,20D,21D,22D,27D,28D,32D. The van der Waals surface area contributed by atoms with Crippen LogP contribution >= 0.6 is 0 Å². The second-order valence-electron chi connectivity index (χ2n) is 11.9. The van der Waals surface area contributed by atoms with Gasteiger partial charge in [0.1, 0.15) is 0 Å². The number of benzene rings is 8. The minimum absolute atomic E-state index is 0.0826. The van der Waals surface area contributed by atoms with E-state index >= 15 is 0 Å². The summed E-state index contributed by atoms with van der Waals surface area (Å²) in [7, 11) is 0. The van der Waals surface area contributed by atoms with E-state index in [-0.39, 0.29) is 43.6 Å². The zero-order valence-corrected chi connectivity index (χ0v) is 26.2. The van der Waals surface area contributed by atoms with Crippen molar-refractivity contribution < 1.29 is 20.6 Å². The molecule has 0 unspecified atom stereocenters. The minimum Gasteiger partial charge on any atom is -0.309 e. The summed E-state index contributed by atoms with van der Waals surface area (Å²) in [4.78, 5) is 0. The molecule has 0 aliphatic carbocycles. The molecule has 0 radical (unpaired) electrons. The smallest absolute Gasteiger partial charge is 0.0652 e. The number of hydrogen-bond acceptors (Lipinski definition) is 0. The van der Waals surface area contributed by atoms with Crippen LogP contribution < -0.4 is 0 Å². The topological polar surface area (TPSA) is 9.86 Å². The third-order valence-corrected chi connectivity index (χ3v) is 9.01. The van der Waals surface area contributed by atoms with E-state index in [4.69, 9.17) is 15.1 Å². The fourth-order valence-electron chi connectivity index (χ4n) is 6.71. The van der Waals surface area contributed by atoms with Crippen molar-refractivity contribution in [3.8, 4) is 44.8 Å². The predicted molar refractivity (Wildman–Crippen MR) is 211 cm³/mol. The quantitative estimate of drug-likeness (QED) is 0.175. The Bertz CT molecular complexity index is 3560. The van der Waals surface area contributed by atoms with Gasteiger partial charge in [0.15, 0.2) is 0 Å². The summed E-state index contributed by atoms with van der Waals surface area (Å²) in [5, 5.41) is -0.884. The summed E-state index contributed by atoms with van der Waals surface area (Å²) in [6, 6.07) is 24.1. The number of para-hydroxylation sites is 3. The third-order valence-electron chi connectivity index (χ3n) is 9.01. The molecule has 0 aliphatic rings. The molecule has 0 atom stereocenters. The van der Waals surface area contributed by atoms with E-state index in [9.17, 15) is 5.48 Å². The SMILES string of the molecule is [2H]c1c([2H])c([2H])c2c(c1[2H])c1c([2H])c(-n3c4c([2H])c([2H])c([2H])c([2H])c4c4c([2H])c([2H])c([2H])c([2H])c43)c([2H])c([2H])c1n2-c1ccc(-c2cc(-c3ccccc3)cc(-c3ccccc3)c2)cc1. The second kappa shape index (κ2) is 11.5. The Morgan fingerprint density at radius 2 is 0.720 bits per heavy atom. The van der Waals surface area contributed by atoms with Gasteiger partial charge in [0.25, 0.3) is 0 Å². The van der Waals surface area contributed by atoms with Crippen molar-refractivity contribution in [2.45, 2.75) is 0 Å². The monoisotopic (exact) mass is 651 g/mol. The lowest BCUT2D eigenvalue weighted by molar-refractivity contribution is 1.17. The molecule has 2 heterocycles. The molecule has 8 aromatic carbocycles. The lowest BCUT2D eigenvalue weighted by atomic mass is 9.93. The molecule has 0 spiro atoms. The highest BCUT2D eigenvalue weighted by Gasteiger charge is 2.16. The zero-order valence-electron chi connectivity index (χ0n) is 41.2. The van der Waals surface area contributed by atoms with Crippen molar-refractivity contribution in [1.29, 1.82) is 0 Å². The van der Waals surface area contributed by atoms with Crippen molar-refractivity contribution >= 4 is 43.6 Å². The Labute approximate surface area is 311 Å². The van der Waals surface area contributed by atoms with Gasteiger partial charge in [0, 0.05) is 32.9 Å². The molecule has 0 bridgehead atoms. The zero-order chi connectivity index (χ0) is 46.1. The maximum atomic E-state index is 9.85. The van der Waals surface area contributed by atoms with E-state index < -0.39 is 96.3 Å².